The van der Waals surface area contributed by atoms with Crippen molar-refractivity contribution < 1.29 is 9.53 Å². The first-order valence-electron chi connectivity index (χ1n) is 7.95. The molecule has 21 heavy (non-hydrogen) atoms. The van der Waals surface area contributed by atoms with Crippen LogP contribution >= 0.6 is 11.3 Å². The minimum atomic E-state index is 0.0571. The number of urea groups is 1. The van der Waals surface area contributed by atoms with E-state index in [1.165, 1.54) is 10.4 Å². The van der Waals surface area contributed by atoms with Crippen molar-refractivity contribution in [2.24, 2.45) is 0 Å². The molecule has 0 aromatic carbocycles. The van der Waals surface area contributed by atoms with Crippen LogP contribution in [0.5, 0.6) is 0 Å². The fourth-order valence-electron chi connectivity index (χ4n) is 3.45. The number of ether oxygens (including phenoxy) is 1. The van der Waals surface area contributed by atoms with Crippen molar-refractivity contribution in [1.82, 2.24) is 10.2 Å². The maximum atomic E-state index is 12.6. The van der Waals surface area contributed by atoms with Gasteiger partial charge < -0.3 is 15.0 Å². The number of nitrogens with zero attached hydrogens (tertiary/aromatic N) is 1. The highest BCUT2D eigenvalue weighted by molar-refractivity contribution is 7.10. The summed E-state index contributed by atoms with van der Waals surface area (Å²) in [5, 5.41) is 5.29. The summed E-state index contributed by atoms with van der Waals surface area (Å²) < 4.78 is 5.67. The van der Waals surface area contributed by atoms with Gasteiger partial charge in [-0.05, 0) is 49.6 Å². The van der Waals surface area contributed by atoms with Crippen LogP contribution < -0.4 is 5.32 Å². The Kier molecular flexibility index (Phi) is 4.50. The van der Waals surface area contributed by atoms with Gasteiger partial charge >= 0.3 is 6.03 Å². The van der Waals surface area contributed by atoms with E-state index in [4.69, 9.17) is 4.74 Å². The number of hydrogen-bond acceptors (Lipinski definition) is 3. The van der Waals surface area contributed by atoms with E-state index in [9.17, 15) is 4.79 Å². The van der Waals surface area contributed by atoms with E-state index in [2.05, 4.69) is 30.6 Å². The summed E-state index contributed by atoms with van der Waals surface area (Å²) in [7, 11) is 0. The molecule has 3 heterocycles. The van der Waals surface area contributed by atoms with Gasteiger partial charge in [-0.1, -0.05) is 6.92 Å². The van der Waals surface area contributed by atoms with Crippen LogP contribution in [0.2, 0.25) is 0 Å². The van der Waals surface area contributed by atoms with Crippen molar-refractivity contribution in [2.75, 3.05) is 13.2 Å². The maximum Gasteiger partial charge on any atom is 0.318 e. The monoisotopic (exact) mass is 308 g/mol. The summed E-state index contributed by atoms with van der Waals surface area (Å²) >= 11 is 1.81. The van der Waals surface area contributed by atoms with E-state index in [-0.39, 0.29) is 24.2 Å². The number of thiophene rings is 1. The Hall–Kier alpha value is -1.07. The number of carbonyl (C=O) groups excluding carboxylic acids is 1. The highest BCUT2D eigenvalue weighted by Gasteiger charge is 2.32. The summed E-state index contributed by atoms with van der Waals surface area (Å²) in [5.41, 5.74) is 1.34. The molecule has 1 aromatic rings. The largest absolute Gasteiger partial charge is 0.376 e. The number of hydrogen-bond donors (Lipinski definition) is 1. The van der Waals surface area contributed by atoms with Crippen LogP contribution in [0, 0.1) is 0 Å². The van der Waals surface area contributed by atoms with Crippen molar-refractivity contribution in [3.63, 3.8) is 0 Å². The summed E-state index contributed by atoms with van der Waals surface area (Å²) in [6.07, 6.45) is 4.27. The molecule has 0 unspecified atom stereocenters. The zero-order valence-electron chi connectivity index (χ0n) is 12.8. The van der Waals surface area contributed by atoms with E-state index in [0.29, 0.717) is 0 Å². The zero-order chi connectivity index (χ0) is 14.8. The lowest BCUT2D eigenvalue weighted by molar-refractivity contribution is 0.0812. The second kappa shape index (κ2) is 6.36. The Morgan fingerprint density at radius 3 is 3.19 bits per heavy atom. The fourth-order valence-corrected chi connectivity index (χ4v) is 4.38. The third kappa shape index (κ3) is 2.94. The molecule has 2 amide bonds. The van der Waals surface area contributed by atoms with Gasteiger partial charge in [-0.2, -0.15) is 0 Å². The predicted octanol–water partition coefficient (Wildman–Crippen LogP) is 3.33. The molecule has 0 spiro atoms. The molecule has 2 aliphatic rings. The molecule has 2 aliphatic heterocycles. The molecule has 0 aliphatic carbocycles. The molecule has 1 fully saturated rings. The number of fused-ring (bicyclic) bond motifs is 1. The summed E-state index contributed by atoms with van der Waals surface area (Å²) in [6, 6.07) is 2.54. The molecule has 0 radical (unpaired) electrons. The molecular formula is C16H24N2O2S. The SMILES string of the molecule is CC[C@@H]1c2ccsc2CCN1C(=O)N[C@@H](C)[C@H]1CCCO1. The van der Waals surface area contributed by atoms with Gasteiger partial charge in [0.05, 0.1) is 18.2 Å². The van der Waals surface area contributed by atoms with Crippen LogP contribution in [-0.2, 0) is 11.2 Å². The van der Waals surface area contributed by atoms with Crippen LogP contribution in [0.15, 0.2) is 11.4 Å². The predicted molar refractivity (Wildman–Crippen MR) is 84.7 cm³/mol. The number of carbonyl (C=O) groups is 1. The average molecular weight is 308 g/mol. The van der Waals surface area contributed by atoms with Gasteiger partial charge in [0.15, 0.2) is 0 Å². The lowest BCUT2D eigenvalue weighted by atomic mass is 9.98. The van der Waals surface area contributed by atoms with E-state index in [1.807, 2.05) is 16.2 Å². The molecule has 0 saturated carbocycles. The summed E-state index contributed by atoms with van der Waals surface area (Å²) in [4.78, 5) is 16.1. The van der Waals surface area contributed by atoms with Crippen LogP contribution in [0.4, 0.5) is 4.79 Å². The Bertz CT molecular complexity index is 496. The normalized spacial score (nSPS) is 26.5. The summed E-state index contributed by atoms with van der Waals surface area (Å²) in [6.45, 7) is 5.84. The van der Waals surface area contributed by atoms with Gasteiger partial charge in [-0.25, -0.2) is 4.79 Å². The van der Waals surface area contributed by atoms with Crippen LogP contribution in [-0.4, -0.2) is 36.2 Å². The van der Waals surface area contributed by atoms with E-state index in [0.717, 1.165) is 38.8 Å². The third-order valence-electron chi connectivity index (χ3n) is 4.62. The Balaban J connectivity index is 1.66. The first kappa shape index (κ1) is 14.9. The zero-order valence-corrected chi connectivity index (χ0v) is 13.6. The van der Waals surface area contributed by atoms with E-state index < -0.39 is 0 Å². The third-order valence-corrected chi connectivity index (χ3v) is 5.61. The molecule has 1 N–H and O–H groups in total. The molecule has 4 nitrogen and oxygen atoms in total. The van der Waals surface area contributed by atoms with Gasteiger partial charge in [0.25, 0.3) is 0 Å². The lowest BCUT2D eigenvalue weighted by Crippen LogP contribution is -2.50. The van der Waals surface area contributed by atoms with Crippen LogP contribution in [0.25, 0.3) is 0 Å². The van der Waals surface area contributed by atoms with Gasteiger partial charge in [0.2, 0.25) is 0 Å². The second-order valence-corrected chi connectivity index (χ2v) is 6.96. The van der Waals surface area contributed by atoms with Crippen molar-refractivity contribution in [3.05, 3.63) is 21.9 Å². The van der Waals surface area contributed by atoms with Crippen molar-refractivity contribution >= 4 is 17.4 Å². The first-order valence-corrected chi connectivity index (χ1v) is 8.83. The molecule has 1 aromatic heterocycles. The maximum absolute atomic E-state index is 12.6. The average Bonchev–Trinajstić information content (AvgIpc) is 3.16. The van der Waals surface area contributed by atoms with Gasteiger partial charge in [-0.3, -0.25) is 0 Å². The van der Waals surface area contributed by atoms with Crippen LogP contribution in [0.3, 0.4) is 0 Å². The highest BCUT2D eigenvalue weighted by atomic mass is 32.1. The smallest absolute Gasteiger partial charge is 0.318 e. The Morgan fingerprint density at radius 2 is 2.48 bits per heavy atom. The fraction of sp³-hybridized carbons (Fsp3) is 0.688. The van der Waals surface area contributed by atoms with Gasteiger partial charge in [0, 0.05) is 18.0 Å². The van der Waals surface area contributed by atoms with Crippen LogP contribution in [0.1, 0.15) is 49.6 Å². The Labute approximate surface area is 130 Å². The quantitative estimate of drug-likeness (QED) is 0.930. The Morgan fingerprint density at radius 1 is 1.62 bits per heavy atom. The number of rotatable bonds is 3. The summed E-state index contributed by atoms with van der Waals surface area (Å²) in [5.74, 6) is 0. The number of amides is 2. The first-order chi connectivity index (χ1) is 10.2. The molecule has 5 heteroatoms. The van der Waals surface area contributed by atoms with Crippen molar-refractivity contribution in [1.29, 1.82) is 0 Å². The van der Waals surface area contributed by atoms with E-state index >= 15 is 0 Å². The van der Waals surface area contributed by atoms with Gasteiger partial charge in [-0.15, -0.1) is 11.3 Å². The molecule has 1 saturated heterocycles. The number of nitrogens with one attached hydrogen (secondary N) is 1. The highest BCUT2D eigenvalue weighted by Crippen LogP contribution is 2.35. The lowest BCUT2D eigenvalue weighted by Gasteiger charge is -2.36. The van der Waals surface area contributed by atoms with E-state index in [1.54, 1.807) is 0 Å². The molecule has 0 bridgehead atoms. The van der Waals surface area contributed by atoms with Gasteiger partial charge in [0.1, 0.15) is 0 Å². The minimum Gasteiger partial charge on any atom is -0.376 e. The standard InChI is InChI=1S/C16H24N2O2S/c1-3-13-12-7-10-21-15(12)6-8-18(13)16(19)17-11(2)14-5-4-9-20-14/h7,10-11,13-14H,3-6,8-9H2,1-2H3,(H,17,19)/t11-,13+,14+/m0/s1. The topological polar surface area (TPSA) is 41.6 Å². The molecular weight excluding hydrogens is 284 g/mol. The second-order valence-electron chi connectivity index (χ2n) is 5.96. The molecule has 3 atom stereocenters. The van der Waals surface area contributed by atoms with Crippen molar-refractivity contribution in [3.8, 4) is 0 Å². The van der Waals surface area contributed by atoms with Crippen molar-refractivity contribution in [2.45, 2.75) is 57.7 Å². The molecule has 3 rings (SSSR count). The molecule has 116 valence electrons. The minimum absolute atomic E-state index is 0.0571.